The molecule has 3 aromatic carbocycles. The molecule has 0 heterocycles. The lowest BCUT2D eigenvalue weighted by atomic mass is 9.98. The summed E-state index contributed by atoms with van der Waals surface area (Å²) in [6.07, 6.45) is 0.810. The van der Waals surface area contributed by atoms with Gasteiger partial charge in [-0.1, -0.05) is 41.9 Å². The van der Waals surface area contributed by atoms with Gasteiger partial charge in [-0.2, -0.15) is 0 Å². The summed E-state index contributed by atoms with van der Waals surface area (Å²) in [7, 11) is 0. The van der Waals surface area contributed by atoms with Crippen LogP contribution in [0.15, 0.2) is 48.5 Å². The fourth-order valence-corrected chi connectivity index (χ4v) is 3.03. The van der Waals surface area contributed by atoms with Gasteiger partial charge in [0.15, 0.2) is 12.9 Å². The summed E-state index contributed by atoms with van der Waals surface area (Å²) >= 11 is 6.18. The van der Waals surface area contributed by atoms with Gasteiger partial charge in [-0.3, -0.25) is 4.79 Å². The van der Waals surface area contributed by atoms with E-state index < -0.39 is 12.6 Å². The summed E-state index contributed by atoms with van der Waals surface area (Å²) in [6, 6.07) is 14.1. The Morgan fingerprint density at radius 2 is 1.96 bits per heavy atom. The van der Waals surface area contributed by atoms with Gasteiger partial charge in [0, 0.05) is 22.4 Å². The van der Waals surface area contributed by atoms with Crippen LogP contribution in [0.2, 0.25) is 5.02 Å². The molecule has 0 unspecified atom stereocenters. The number of fused-ring (bicyclic) bond motifs is 1. The van der Waals surface area contributed by atoms with Crippen molar-refractivity contribution in [1.29, 1.82) is 0 Å². The quantitative estimate of drug-likeness (QED) is 0.639. The van der Waals surface area contributed by atoms with Crippen LogP contribution in [0, 0.1) is 0 Å². The molecule has 0 aliphatic rings. The highest BCUT2D eigenvalue weighted by Crippen LogP contribution is 2.34. The summed E-state index contributed by atoms with van der Waals surface area (Å²) in [4.78, 5) is 21.9. The lowest BCUT2D eigenvalue weighted by Crippen LogP contribution is -2.11. The second kappa shape index (κ2) is 7.45. The zero-order valence-electron chi connectivity index (χ0n) is 13.6. The summed E-state index contributed by atoms with van der Waals surface area (Å²) < 4.78 is 5.26. The molecule has 0 radical (unpaired) electrons. The Morgan fingerprint density at radius 1 is 1.15 bits per heavy atom. The summed E-state index contributed by atoms with van der Waals surface area (Å²) in [6.45, 7) is -0.541. The van der Waals surface area contributed by atoms with Crippen LogP contribution in [0.25, 0.3) is 10.8 Å². The van der Waals surface area contributed by atoms with Crippen molar-refractivity contribution in [3.8, 4) is 11.5 Å². The van der Waals surface area contributed by atoms with E-state index >= 15 is 0 Å². The van der Waals surface area contributed by atoms with Crippen LogP contribution in [0.3, 0.4) is 0 Å². The highest BCUT2D eigenvalue weighted by molar-refractivity contribution is 6.35. The first kappa shape index (κ1) is 17.8. The third-order valence-electron chi connectivity index (χ3n) is 4.02. The Bertz CT molecular complexity index is 997. The number of aromatic hydroxyl groups is 1. The van der Waals surface area contributed by atoms with Gasteiger partial charge >= 0.3 is 5.97 Å². The molecule has 0 atom stereocenters. The molecule has 2 N–H and O–H groups in total. The molecule has 0 fully saturated rings. The number of phenols is 1. The highest BCUT2D eigenvalue weighted by atomic mass is 35.5. The molecule has 0 amide bonds. The Labute approximate surface area is 154 Å². The first-order valence-corrected chi connectivity index (χ1v) is 8.19. The van der Waals surface area contributed by atoms with E-state index in [4.69, 9.17) is 21.4 Å². The van der Waals surface area contributed by atoms with Gasteiger partial charge in [-0.25, -0.2) is 4.79 Å². The van der Waals surface area contributed by atoms with Crippen molar-refractivity contribution < 1.29 is 24.5 Å². The van der Waals surface area contributed by atoms with E-state index in [9.17, 15) is 14.7 Å². The number of hydrogen-bond acceptors (Lipinski definition) is 4. The Hall–Kier alpha value is -3.05. The van der Waals surface area contributed by atoms with Crippen molar-refractivity contribution >= 4 is 34.6 Å². The molecule has 5 nitrogen and oxygen atoms in total. The van der Waals surface area contributed by atoms with Crippen LogP contribution >= 0.6 is 11.6 Å². The van der Waals surface area contributed by atoms with Crippen LogP contribution in [-0.4, -0.2) is 29.1 Å². The standard InChI is InChI=1S/C20H15ClO5/c21-17-3-1-2-13-8-12(4-6-15(13)17)9-16-18(26-11-19(23)24)7-5-14(10-22)20(16)25/h1-8,10,25H,9,11H2,(H,23,24). The Kier molecular flexibility index (Phi) is 5.09. The number of carbonyl (C=O) groups excluding carboxylic acids is 1. The molecule has 0 aliphatic heterocycles. The molecule has 3 rings (SSSR count). The molecule has 0 saturated carbocycles. The molecule has 0 aromatic heterocycles. The van der Waals surface area contributed by atoms with E-state index in [-0.39, 0.29) is 23.5 Å². The molecule has 0 bridgehead atoms. The number of hydrogen-bond donors (Lipinski definition) is 2. The maximum atomic E-state index is 11.1. The van der Waals surface area contributed by atoms with Gasteiger partial charge in [0.2, 0.25) is 0 Å². The Morgan fingerprint density at radius 3 is 2.69 bits per heavy atom. The topological polar surface area (TPSA) is 83.8 Å². The lowest BCUT2D eigenvalue weighted by Gasteiger charge is -2.14. The number of aldehydes is 1. The van der Waals surface area contributed by atoms with Crippen molar-refractivity contribution in [3.05, 3.63) is 70.2 Å². The minimum Gasteiger partial charge on any atom is -0.507 e. The number of carboxylic acids is 1. The third-order valence-corrected chi connectivity index (χ3v) is 4.35. The average Bonchev–Trinajstić information content (AvgIpc) is 2.62. The number of halogens is 1. The molecule has 3 aromatic rings. The fraction of sp³-hybridized carbons (Fsp3) is 0.100. The molecule has 6 heteroatoms. The maximum Gasteiger partial charge on any atom is 0.341 e. The number of ether oxygens (including phenoxy) is 1. The maximum absolute atomic E-state index is 11.1. The predicted octanol–water partition coefficient (Wildman–Crippen LogP) is 4.07. The second-order valence-corrected chi connectivity index (χ2v) is 6.16. The van der Waals surface area contributed by atoms with Crippen molar-refractivity contribution in [2.24, 2.45) is 0 Å². The molecule has 132 valence electrons. The Balaban J connectivity index is 2.02. The van der Waals surface area contributed by atoms with Crippen molar-refractivity contribution in [2.75, 3.05) is 6.61 Å². The molecule has 0 aliphatic carbocycles. The number of aliphatic carboxylic acids is 1. The number of benzene rings is 3. The third kappa shape index (κ3) is 3.63. The minimum absolute atomic E-state index is 0.117. The minimum atomic E-state index is -1.13. The van der Waals surface area contributed by atoms with Crippen LogP contribution < -0.4 is 4.74 Å². The smallest absolute Gasteiger partial charge is 0.341 e. The summed E-state index contributed by atoms with van der Waals surface area (Å²) in [5, 5.41) is 21.7. The first-order valence-electron chi connectivity index (χ1n) is 7.81. The van der Waals surface area contributed by atoms with Crippen LogP contribution in [0.5, 0.6) is 11.5 Å². The highest BCUT2D eigenvalue weighted by Gasteiger charge is 2.15. The van der Waals surface area contributed by atoms with E-state index in [0.717, 1.165) is 16.3 Å². The molecular formula is C20H15ClO5. The number of carbonyl (C=O) groups is 2. The lowest BCUT2D eigenvalue weighted by molar-refractivity contribution is -0.139. The van der Waals surface area contributed by atoms with Gasteiger partial charge in [-0.05, 0) is 29.1 Å². The fourth-order valence-electron chi connectivity index (χ4n) is 2.78. The normalized spacial score (nSPS) is 10.7. The van der Waals surface area contributed by atoms with Gasteiger partial charge in [-0.15, -0.1) is 0 Å². The zero-order chi connectivity index (χ0) is 18.7. The second-order valence-electron chi connectivity index (χ2n) is 5.75. The first-order chi connectivity index (χ1) is 12.5. The molecule has 26 heavy (non-hydrogen) atoms. The SMILES string of the molecule is O=Cc1ccc(OCC(=O)O)c(Cc2ccc3c(Cl)cccc3c2)c1O. The molecular weight excluding hydrogens is 356 g/mol. The average molecular weight is 371 g/mol. The van der Waals surface area contributed by atoms with Crippen LogP contribution in [0.4, 0.5) is 0 Å². The number of carboxylic acid groups (broad SMARTS) is 1. The summed E-state index contributed by atoms with van der Waals surface area (Å²) in [5.41, 5.74) is 1.34. The van der Waals surface area contributed by atoms with E-state index in [0.29, 0.717) is 16.9 Å². The predicted molar refractivity (Wildman–Crippen MR) is 98.4 cm³/mol. The van der Waals surface area contributed by atoms with E-state index in [1.807, 2.05) is 30.3 Å². The van der Waals surface area contributed by atoms with Gasteiger partial charge in [0.05, 0.1) is 5.56 Å². The van der Waals surface area contributed by atoms with E-state index in [1.54, 1.807) is 6.07 Å². The van der Waals surface area contributed by atoms with Gasteiger partial charge in [0.25, 0.3) is 0 Å². The molecule has 0 spiro atoms. The van der Waals surface area contributed by atoms with Crippen LogP contribution in [-0.2, 0) is 11.2 Å². The van der Waals surface area contributed by atoms with Gasteiger partial charge < -0.3 is 14.9 Å². The van der Waals surface area contributed by atoms with Gasteiger partial charge in [0.1, 0.15) is 11.5 Å². The van der Waals surface area contributed by atoms with Crippen molar-refractivity contribution in [2.45, 2.75) is 6.42 Å². The number of rotatable bonds is 6. The number of phenolic OH excluding ortho intramolecular Hbond substituents is 1. The van der Waals surface area contributed by atoms with E-state index in [2.05, 4.69) is 0 Å². The van der Waals surface area contributed by atoms with Crippen molar-refractivity contribution in [1.82, 2.24) is 0 Å². The largest absolute Gasteiger partial charge is 0.507 e. The molecule has 0 saturated heterocycles. The van der Waals surface area contributed by atoms with E-state index in [1.165, 1.54) is 12.1 Å². The summed E-state index contributed by atoms with van der Waals surface area (Å²) in [5.74, 6) is -1.12. The monoisotopic (exact) mass is 370 g/mol. The van der Waals surface area contributed by atoms with Crippen molar-refractivity contribution in [3.63, 3.8) is 0 Å². The van der Waals surface area contributed by atoms with Crippen LogP contribution in [0.1, 0.15) is 21.5 Å². The zero-order valence-corrected chi connectivity index (χ0v) is 14.4.